The van der Waals surface area contributed by atoms with Gasteiger partial charge in [0.25, 0.3) is 0 Å². The lowest BCUT2D eigenvalue weighted by molar-refractivity contribution is -0.125. The van der Waals surface area contributed by atoms with Gasteiger partial charge in [-0.3, -0.25) is 0 Å². The van der Waals surface area contributed by atoms with Crippen LogP contribution in [0, 0.1) is 5.92 Å². The quantitative estimate of drug-likeness (QED) is 0.721. The van der Waals surface area contributed by atoms with Gasteiger partial charge in [0.05, 0.1) is 5.60 Å². The lowest BCUT2D eigenvalue weighted by Crippen LogP contribution is -2.44. The molecule has 1 saturated heterocycles. The molecule has 0 amide bonds. The standard InChI is InChI=1S/C14H19NO/c1-11-5-4-10-16-14(11)8-9-15-13-7-3-2-6-12(13)14/h2-3,6-7,11,15H,4-5,8-10H2,1H3. The molecule has 2 nitrogen and oxygen atoms in total. The Bertz CT molecular complexity index is 390. The maximum Gasteiger partial charge on any atom is 0.0993 e. The highest BCUT2D eigenvalue weighted by molar-refractivity contribution is 5.56. The molecule has 0 bridgehead atoms. The topological polar surface area (TPSA) is 21.3 Å². The number of anilines is 1. The fourth-order valence-corrected chi connectivity index (χ4v) is 3.20. The molecule has 2 heteroatoms. The van der Waals surface area contributed by atoms with Crippen LogP contribution in [0.1, 0.15) is 31.7 Å². The second-order valence-corrected chi connectivity index (χ2v) is 5.00. The van der Waals surface area contributed by atoms with E-state index >= 15 is 0 Å². The summed E-state index contributed by atoms with van der Waals surface area (Å²) in [5.74, 6) is 0.629. The summed E-state index contributed by atoms with van der Waals surface area (Å²) < 4.78 is 6.21. The summed E-state index contributed by atoms with van der Waals surface area (Å²) in [5.41, 5.74) is 2.62. The van der Waals surface area contributed by atoms with E-state index in [1.54, 1.807) is 0 Å². The molecule has 0 radical (unpaired) electrons. The third-order valence-corrected chi connectivity index (χ3v) is 4.13. The van der Waals surface area contributed by atoms with Crippen molar-refractivity contribution >= 4 is 5.69 Å². The largest absolute Gasteiger partial charge is 0.385 e. The SMILES string of the molecule is CC1CCCOC12CCNc1ccccc12. The smallest absolute Gasteiger partial charge is 0.0993 e. The second kappa shape index (κ2) is 3.77. The molecule has 3 rings (SSSR count). The van der Waals surface area contributed by atoms with E-state index in [1.807, 2.05) is 0 Å². The summed E-state index contributed by atoms with van der Waals surface area (Å²) in [6, 6.07) is 8.61. The zero-order chi connectivity index (χ0) is 11.0. The van der Waals surface area contributed by atoms with E-state index in [0.717, 1.165) is 19.6 Å². The molecule has 2 heterocycles. The lowest BCUT2D eigenvalue weighted by atomic mass is 9.74. The zero-order valence-corrected chi connectivity index (χ0v) is 9.83. The highest BCUT2D eigenvalue weighted by Gasteiger charge is 2.43. The van der Waals surface area contributed by atoms with Crippen LogP contribution in [-0.4, -0.2) is 13.2 Å². The highest BCUT2D eigenvalue weighted by Crippen LogP contribution is 2.47. The molecule has 16 heavy (non-hydrogen) atoms. The number of rotatable bonds is 0. The second-order valence-electron chi connectivity index (χ2n) is 5.00. The average molecular weight is 217 g/mol. The molecule has 2 aliphatic heterocycles. The number of hydrogen-bond acceptors (Lipinski definition) is 2. The van der Waals surface area contributed by atoms with Crippen LogP contribution < -0.4 is 5.32 Å². The number of hydrogen-bond donors (Lipinski definition) is 1. The minimum absolute atomic E-state index is 0.0138. The lowest BCUT2D eigenvalue weighted by Gasteiger charge is -2.46. The average Bonchev–Trinajstić information content (AvgIpc) is 2.34. The molecule has 1 fully saturated rings. The first-order valence-corrected chi connectivity index (χ1v) is 6.30. The Balaban J connectivity index is 2.08. The van der Waals surface area contributed by atoms with Gasteiger partial charge in [-0.25, -0.2) is 0 Å². The Morgan fingerprint density at radius 1 is 1.38 bits per heavy atom. The van der Waals surface area contributed by atoms with Crippen molar-refractivity contribution < 1.29 is 4.74 Å². The number of nitrogens with one attached hydrogen (secondary N) is 1. The van der Waals surface area contributed by atoms with Crippen LogP contribution >= 0.6 is 0 Å². The van der Waals surface area contributed by atoms with Crippen LogP contribution in [0.25, 0.3) is 0 Å². The summed E-state index contributed by atoms with van der Waals surface area (Å²) in [5, 5.41) is 3.47. The van der Waals surface area contributed by atoms with Gasteiger partial charge in [0, 0.05) is 24.4 Å². The first-order chi connectivity index (χ1) is 7.83. The Kier molecular flexibility index (Phi) is 2.40. The van der Waals surface area contributed by atoms with E-state index in [0.29, 0.717) is 5.92 Å². The molecule has 0 aliphatic carbocycles. The molecule has 1 N–H and O–H groups in total. The molecule has 2 unspecified atom stereocenters. The molecule has 0 saturated carbocycles. The van der Waals surface area contributed by atoms with Crippen LogP contribution in [0.2, 0.25) is 0 Å². The molecule has 2 aliphatic rings. The minimum Gasteiger partial charge on any atom is -0.385 e. The van der Waals surface area contributed by atoms with Gasteiger partial charge < -0.3 is 10.1 Å². The third kappa shape index (κ3) is 1.36. The monoisotopic (exact) mass is 217 g/mol. The molecule has 0 aromatic heterocycles. The number of ether oxygens (including phenoxy) is 1. The van der Waals surface area contributed by atoms with Crippen molar-refractivity contribution in [3.8, 4) is 0 Å². The summed E-state index contributed by atoms with van der Waals surface area (Å²) in [7, 11) is 0. The maximum absolute atomic E-state index is 6.21. The molecule has 2 atom stereocenters. The molecular weight excluding hydrogens is 198 g/mol. The van der Waals surface area contributed by atoms with Crippen molar-refractivity contribution in [1.29, 1.82) is 0 Å². The molecule has 86 valence electrons. The first kappa shape index (κ1) is 10.2. The van der Waals surface area contributed by atoms with Gasteiger partial charge in [0.15, 0.2) is 0 Å². The van der Waals surface area contributed by atoms with Crippen LogP contribution in [0.15, 0.2) is 24.3 Å². The van der Waals surface area contributed by atoms with Crippen LogP contribution in [0.3, 0.4) is 0 Å². The van der Waals surface area contributed by atoms with Crippen LogP contribution in [0.4, 0.5) is 5.69 Å². The van der Waals surface area contributed by atoms with Crippen LogP contribution in [-0.2, 0) is 10.3 Å². The minimum atomic E-state index is -0.0138. The van der Waals surface area contributed by atoms with Crippen molar-refractivity contribution in [2.24, 2.45) is 5.92 Å². The predicted molar refractivity (Wildman–Crippen MR) is 65.6 cm³/mol. The van der Waals surface area contributed by atoms with Gasteiger partial charge in [0.2, 0.25) is 0 Å². The van der Waals surface area contributed by atoms with Crippen molar-refractivity contribution in [3.63, 3.8) is 0 Å². The van der Waals surface area contributed by atoms with E-state index in [1.165, 1.54) is 24.1 Å². The third-order valence-electron chi connectivity index (χ3n) is 4.13. The Morgan fingerprint density at radius 3 is 3.12 bits per heavy atom. The Morgan fingerprint density at radius 2 is 2.25 bits per heavy atom. The summed E-state index contributed by atoms with van der Waals surface area (Å²) in [6.45, 7) is 4.28. The van der Waals surface area contributed by atoms with Gasteiger partial charge in [-0.05, 0) is 31.2 Å². The van der Waals surface area contributed by atoms with Crippen molar-refractivity contribution in [3.05, 3.63) is 29.8 Å². The Hall–Kier alpha value is -1.02. The number of benzene rings is 1. The van der Waals surface area contributed by atoms with Crippen molar-refractivity contribution in [2.75, 3.05) is 18.5 Å². The van der Waals surface area contributed by atoms with Gasteiger partial charge in [0.1, 0.15) is 0 Å². The summed E-state index contributed by atoms with van der Waals surface area (Å²) >= 11 is 0. The van der Waals surface area contributed by atoms with Gasteiger partial charge in [-0.15, -0.1) is 0 Å². The predicted octanol–water partition coefficient (Wildman–Crippen LogP) is 3.14. The maximum atomic E-state index is 6.21. The molecular formula is C14H19NO. The fraction of sp³-hybridized carbons (Fsp3) is 0.571. The van der Waals surface area contributed by atoms with E-state index in [-0.39, 0.29) is 5.60 Å². The van der Waals surface area contributed by atoms with Gasteiger partial charge in [-0.2, -0.15) is 0 Å². The number of fused-ring (bicyclic) bond motifs is 2. The highest BCUT2D eigenvalue weighted by atomic mass is 16.5. The van der Waals surface area contributed by atoms with Gasteiger partial charge >= 0.3 is 0 Å². The van der Waals surface area contributed by atoms with E-state index < -0.39 is 0 Å². The van der Waals surface area contributed by atoms with Crippen molar-refractivity contribution in [2.45, 2.75) is 31.8 Å². The Labute approximate surface area is 97.0 Å². The number of para-hydroxylation sites is 1. The van der Waals surface area contributed by atoms with E-state index in [4.69, 9.17) is 4.74 Å². The molecule has 1 spiro atoms. The summed E-state index contributed by atoms with van der Waals surface area (Å²) in [4.78, 5) is 0. The van der Waals surface area contributed by atoms with Crippen LogP contribution in [0.5, 0.6) is 0 Å². The first-order valence-electron chi connectivity index (χ1n) is 6.30. The molecule has 1 aromatic carbocycles. The fourth-order valence-electron chi connectivity index (χ4n) is 3.20. The zero-order valence-electron chi connectivity index (χ0n) is 9.83. The molecule has 1 aromatic rings. The normalized spacial score (nSPS) is 33.2. The van der Waals surface area contributed by atoms with E-state index in [9.17, 15) is 0 Å². The van der Waals surface area contributed by atoms with E-state index in [2.05, 4.69) is 36.5 Å². The summed E-state index contributed by atoms with van der Waals surface area (Å²) in [6.07, 6.45) is 3.60. The van der Waals surface area contributed by atoms with Crippen molar-refractivity contribution in [1.82, 2.24) is 0 Å². The van der Waals surface area contributed by atoms with Gasteiger partial charge in [-0.1, -0.05) is 25.1 Å².